The van der Waals surface area contributed by atoms with E-state index in [4.69, 9.17) is 9.29 Å². The van der Waals surface area contributed by atoms with Crippen molar-refractivity contribution in [3.05, 3.63) is 28.3 Å². The number of carbonyl (C=O) groups is 2. The average molecular weight is 365 g/mol. The normalized spacial score (nSPS) is 11.1. The van der Waals surface area contributed by atoms with Crippen LogP contribution in [0, 0.1) is 0 Å². The molecule has 0 unspecified atom stereocenters. The van der Waals surface area contributed by atoms with E-state index in [-0.39, 0.29) is 5.91 Å². The van der Waals surface area contributed by atoms with E-state index in [9.17, 15) is 18.0 Å². The minimum absolute atomic E-state index is 0.237. The highest BCUT2D eigenvalue weighted by Crippen LogP contribution is 2.29. The fraction of sp³-hybridized carbons (Fsp3) is 0.429. The van der Waals surface area contributed by atoms with E-state index >= 15 is 0 Å². The molecule has 1 aromatic carbocycles. The second-order valence-electron chi connectivity index (χ2n) is 5.59. The first-order valence-electron chi connectivity index (χ1n) is 8.21. The van der Waals surface area contributed by atoms with Gasteiger partial charge < -0.3 is 10.1 Å². The van der Waals surface area contributed by atoms with Gasteiger partial charge in [0.05, 0.1) is 5.56 Å². The topological polar surface area (TPSA) is 110 Å². The van der Waals surface area contributed by atoms with Gasteiger partial charge in [-0.2, -0.15) is 8.42 Å². The van der Waals surface area contributed by atoms with Crippen LogP contribution in [-0.4, -0.2) is 60.7 Å². The molecule has 0 aliphatic rings. The summed E-state index contributed by atoms with van der Waals surface area (Å²) in [5.41, 5.74) is 3.33. The highest BCUT2D eigenvalue weighted by molar-refractivity contribution is 7.85. The molecule has 0 atom stereocenters. The largest absolute Gasteiger partial charge is 0.461 e. The van der Waals surface area contributed by atoms with Crippen LogP contribution in [0.4, 0.5) is 5.69 Å². The number of ether oxygens (including phenoxy) is 1. The Kier molecular flexibility index (Phi) is 7.75. The second-order valence-corrected chi connectivity index (χ2v) is 7.16. The first-order valence-corrected chi connectivity index (χ1v) is 9.82. The Morgan fingerprint density at radius 3 is 2.20 bits per heavy atom. The molecule has 0 spiro atoms. The lowest BCUT2D eigenvalue weighted by Gasteiger charge is -2.20. The number of anilines is 1. The summed E-state index contributed by atoms with van der Waals surface area (Å²) in [6.45, 7) is 0.964. The van der Waals surface area contributed by atoms with Crippen LogP contribution in [0.3, 0.4) is 0 Å². The van der Waals surface area contributed by atoms with Gasteiger partial charge in [-0.25, -0.2) is 4.79 Å². The van der Waals surface area contributed by atoms with Crippen LogP contribution in [0.2, 0.25) is 0 Å². The zero-order chi connectivity index (χ0) is 19.2. The highest BCUT2D eigenvalue weighted by Gasteiger charge is 2.22. The minimum Gasteiger partial charge on any atom is -0.461 e. The first kappa shape index (κ1) is 21.3. The Morgan fingerprint density at radius 2 is 1.76 bits per heavy atom. The SMILES string of the molecule is BCc1cc(CB)c(C(=O)OCCS(=O)(=O)O)c(CB)c1NC(C)=O. The molecule has 0 aliphatic heterocycles. The molecule has 134 valence electrons. The lowest BCUT2D eigenvalue weighted by Crippen LogP contribution is -2.20. The molecule has 1 aromatic rings. The van der Waals surface area contributed by atoms with Crippen molar-refractivity contribution in [3.8, 4) is 0 Å². The summed E-state index contributed by atoms with van der Waals surface area (Å²) in [6.07, 6.45) is 1.77. The zero-order valence-electron chi connectivity index (χ0n) is 15.0. The lowest BCUT2D eigenvalue weighted by atomic mass is 9.80. The third kappa shape index (κ3) is 5.93. The van der Waals surface area contributed by atoms with Crippen LogP contribution in [0.25, 0.3) is 0 Å². The van der Waals surface area contributed by atoms with Crippen molar-refractivity contribution in [2.45, 2.75) is 25.9 Å². The quantitative estimate of drug-likeness (QED) is 0.316. The van der Waals surface area contributed by atoms with Crippen molar-refractivity contribution in [1.29, 1.82) is 0 Å². The molecule has 2 N–H and O–H groups in total. The molecule has 25 heavy (non-hydrogen) atoms. The molecule has 0 fully saturated rings. The number of hydrogen-bond donors (Lipinski definition) is 2. The third-order valence-corrected chi connectivity index (χ3v) is 4.47. The Labute approximate surface area is 150 Å². The van der Waals surface area contributed by atoms with Crippen LogP contribution in [-0.2, 0) is 38.6 Å². The van der Waals surface area contributed by atoms with Gasteiger partial charge in [0.15, 0.2) is 0 Å². The summed E-state index contributed by atoms with van der Waals surface area (Å²) < 4.78 is 35.3. The van der Waals surface area contributed by atoms with E-state index in [0.29, 0.717) is 35.8 Å². The van der Waals surface area contributed by atoms with Gasteiger partial charge in [-0.15, -0.1) is 0 Å². The van der Waals surface area contributed by atoms with Gasteiger partial charge in [0.2, 0.25) is 5.91 Å². The van der Waals surface area contributed by atoms with Crippen molar-refractivity contribution in [3.63, 3.8) is 0 Å². The summed E-state index contributed by atoms with van der Waals surface area (Å²) in [4.78, 5) is 24.1. The van der Waals surface area contributed by atoms with Crippen LogP contribution in [0.15, 0.2) is 6.07 Å². The molecule has 1 amide bonds. The molecule has 0 saturated carbocycles. The van der Waals surface area contributed by atoms with Crippen LogP contribution < -0.4 is 5.32 Å². The van der Waals surface area contributed by atoms with E-state index in [1.807, 2.05) is 29.6 Å². The minimum atomic E-state index is -4.20. The molecule has 1 rings (SSSR count). The van der Waals surface area contributed by atoms with E-state index in [2.05, 4.69) is 5.32 Å². The lowest BCUT2D eigenvalue weighted by molar-refractivity contribution is -0.114. The zero-order valence-corrected chi connectivity index (χ0v) is 15.8. The van der Waals surface area contributed by atoms with Crippen LogP contribution in [0.1, 0.15) is 34.0 Å². The molecule has 0 radical (unpaired) electrons. The van der Waals surface area contributed by atoms with Gasteiger partial charge >= 0.3 is 5.97 Å². The smallest absolute Gasteiger partial charge is 0.338 e. The second kappa shape index (κ2) is 9.10. The van der Waals surface area contributed by atoms with Crippen molar-refractivity contribution in [1.82, 2.24) is 0 Å². The standard InChI is InChI=1S/C14H22B3NO6S/c1-8(19)18-13-10(6-16)4-9(5-15)12(11(13)7-17)14(20)24-2-3-25(21,22)23/h4H,2-3,5-7,15-17H2,1H3,(H,18,19)(H,21,22,23). The van der Waals surface area contributed by atoms with E-state index in [0.717, 1.165) is 11.1 Å². The maximum atomic E-state index is 12.5. The molecule has 7 nitrogen and oxygen atoms in total. The molecule has 0 aromatic heterocycles. The van der Waals surface area contributed by atoms with Crippen molar-refractivity contribution in [2.75, 3.05) is 17.7 Å². The van der Waals surface area contributed by atoms with Crippen LogP contribution in [0.5, 0.6) is 0 Å². The number of benzene rings is 1. The number of hydrogen-bond acceptors (Lipinski definition) is 5. The maximum absolute atomic E-state index is 12.5. The Bertz CT molecular complexity index is 766. The maximum Gasteiger partial charge on any atom is 0.338 e. The molecule has 0 saturated heterocycles. The van der Waals surface area contributed by atoms with E-state index in [1.165, 1.54) is 6.92 Å². The summed E-state index contributed by atoms with van der Waals surface area (Å²) in [6, 6.07) is 1.86. The Morgan fingerprint density at radius 1 is 1.16 bits per heavy atom. The van der Waals surface area contributed by atoms with Crippen molar-refractivity contribution in [2.24, 2.45) is 0 Å². The average Bonchev–Trinajstić information content (AvgIpc) is 2.52. The van der Waals surface area contributed by atoms with Gasteiger partial charge in [-0.3, -0.25) is 9.35 Å². The van der Waals surface area contributed by atoms with Crippen LogP contribution >= 0.6 is 0 Å². The molecule has 11 heteroatoms. The highest BCUT2D eigenvalue weighted by atomic mass is 32.2. The molecular weight excluding hydrogens is 343 g/mol. The fourth-order valence-electron chi connectivity index (χ4n) is 2.68. The Balaban J connectivity index is 3.35. The van der Waals surface area contributed by atoms with Gasteiger partial charge in [0, 0.05) is 12.6 Å². The molecular formula is C14H22B3NO6S. The van der Waals surface area contributed by atoms with Crippen molar-refractivity contribution >= 4 is 51.2 Å². The monoisotopic (exact) mass is 365 g/mol. The van der Waals surface area contributed by atoms with Crippen molar-refractivity contribution < 1.29 is 27.3 Å². The van der Waals surface area contributed by atoms with Gasteiger partial charge in [-0.1, -0.05) is 25.0 Å². The number of nitrogens with one attached hydrogen (secondary N) is 1. The summed E-state index contributed by atoms with van der Waals surface area (Å²) in [5, 5.41) is 2.79. The predicted molar refractivity (Wildman–Crippen MR) is 104 cm³/mol. The summed E-state index contributed by atoms with van der Waals surface area (Å²) in [5.74, 6) is -1.56. The first-order chi connectivity index (χ1) is 11.6. The van der Waals surface area contributed by atoms with Gasteiger partial charge in [-0.05, 0) is 16.7 Å². The van der Waals surface area contributed by atoms with E-state index in [1.54, 1.807) is 0 Å². The predicted octanol–water partition coefficient (Wildman–Crippen LogP) is -1.91. The molecule has 0 bridgehead atoms. The number of carbonyl (C=O) groups excluding carboxylic acids is 2. The Hall–Kier alpha value is -1.74. The number of rotatable bonds is 8. The molecule has 0 aliphatic carbocycles. The van der Waals surface area contributed by atoms with E-state index < -0.39 is 28.4 Å². The number of amides is 1. The van der Waals surface area contributed by atoms with Gasteiger partial charge in [0.1, 0.15) is 35.9 Å². The third-order valence-electron chi connectivity index (χ3n) is 3.79. The summed E-state index contributed by atoms with van der Waals surface area (Å²) in [7, 11) is 1.53. The molecule has 0 heterocycles. The summed E-state index contributed by atoms with van der Waals surface area (Å²) >= 11 is 0. The fourth-order valence-corrected chi connectivity index (χ4v) is 2.97. The number of esters is 1. The van der Waals surface area contributed by atoms with Gasteiger partial charge in [0.25, 0.3) is 10.1 Å².